The first-order valence-electron chi connectivity index (χ1n) is 5.32. The molecule has 1 saturated heterocycles. The van der Waals surface area contributed by atoms with Crippen molar-refractivity contribution in [3.8, 4) is 12.0 Å². The van der Waals surface area contributed by atoms with Gasteiger partial charge in [0.1, 0.15) is 0 Å². The van der Waals surface area contributed by atoms with Gasteiger partial charge in [0, 0.05) is 25.1 Å². The van der Waals surface area contributed by atoms with E-state index in [0.29, 0.717) is 9.21 Å². The summed E-state index contributed by atoms with van der Waals surface area (Å²) in [6.45, 7) is 1.96. The summed E-state index contributed by atoms with van der Waals surface area (Å²) in [4.78, 5) is 14.3. The van der Waals surface area contributed by atoms with E-state index in [4.69, 9.17) is 11.6 Å². The van der Waals surface area contributed by atoms with Crippen LogP contribution in [0, 0.1) is 12.0 Å². The molecule has 0 amide bonds. The van der Waals surface area contributed by atoms with E-state index in [9.17, 15) is 4.79 Å². The Hall–Kier alpha value is -0.980. The lowest BCUT2D eigenvalue weighted by Crippen LogP contribution is -2.24. The number of halogens is 1. The van der Waals surface area contributed by atoms with Crippen molar-refractivity contribution in [1.82, 2.24) is 4.90 Å². The maximum Gasteiger partial charge on any atom is 0.247 e. The number of hydrogen-bond acceptors (Lipinski definition) is 3. The molecule has 1 aliphatic heterocycles. The fraction of sp³-hybridized carbons (Fsp3) is 0.417. The van der Waals surface area contributed by atoms with Crippen molar-refractivity contribution < 1.29 is 4.79 Å². The van der Waals surface area contributed by atoms with Gasteiger partial charge in [-0.3, -0.25) is 4.79 Å². The minimum atomic E-state index is -0.137. The zero-order valence-electron chi connectivity index (χ0n) is 8.83. The Balaban J connectivity index is 1.98. The zero-order valence-corrected chi connectivity index (χ0v) is 10.4. The number of rotatable bonds is 1. The first-order chi connectivity index (χ1) is 7.75. The molecule has 1 aromatic rings. The number of ketones is 1. The molecule has 0 spiro atoms. The van der Waals surface area contributed by atoms with E-state index in [1.165, 1.54) is 30.6 Å². The maximum atomic E-state index is 11.7. The maximum absolute atomic E-state index is 11.7. The molecule has 0 radical (unpaired) electrons. The summed E-state index contributed by atoms with van der Waals surface area (Å²) in [6.07, 6.45) is 3.62. The monoisotopic (exact) mass is 253 g/mol. The van der Waals surface area contributed by atoms with Crippen molar-refractivity contribution in [2.24, 2.45) is 0 Å². The van der Waals surface area contributed by atoms with Gasteiger partial charge in [-0.1, -0.05) is 11.6 Å². The van der Waals surface area contributed by atoms with Crippen LogP contribution < -0.4 is 0 Å². The molecule has 1 aromatic heterocycles. The Bertz CT molecular complexity index is 437. The molecule has 0 N–H and O–H groups in total. The van der Waals surface area contributed by atoms with Crippen LogP contribution in [0.3, 0.4) is 0 Å². The van der Waals surface area contributed by atoms with E-state index in [0.717, 1.165) is 13.1 Å². The van der Waals surface area contributed by atoms with Gasteiger partial charge in [0.05, 0.1) is 9.21 Å². The number of Topliss-reactive ketones (excluding diaryl/α,β-unsaturated/α-hetero) is 1. The van der Waals surface area contributed by atoms with Crippen LogP contribution in [0.2, 0.25) is 4.34 Å². The zero-order chi connectivity index (χ0) is 11.4. The van der Waals surface area contributed by atoms with Crippen LogP contribution in [0.5, 0.6) is 0 Å². The van der Waals surface area contributed by atoms with Crippen molar-refractivity contribution in [3.63, 3.8) is 0 Å². The third-order valence-electron chi connectivity index (χ3n) is 2.48. The van der Waals surface area contributed by atoms with E-state index in [2.05, 4.69) is 12.0 Å². The highest BCUT2D eigenvalue weighted by Crippen LogP contribution is 2.21. The standard InChI is InChI=1S/C12H12ClNOS/c13-12-5-4-11(16-12)10(15)6-9-14-7-2-1-3-8-14/h4-5H,1-3,7-8H2. The number of likely N-dealkylation sites (tertiary alicyclic amines) is 1. The molecule has 1 fully saturated rings. The fourth-order valence-electron chi connectivity index (χ4n) is 1.63. The van der Waals surface area contributed by atoms with E-state index >= 15 is 0 Å². The second kappa shape index (κ2) is 5.38. The fourth-order valence-corrected chi connectivity index (χ4v) is 2.57. The van der Waals surface area contributed by atoms with E-state index in [1.54, 1.807) is 12.1 Å². The summed E-state index contributed by atoms with van der Waals surface area (Å²) in [5.41, 5.74) is 0. The molecule has 0 atom stereocenters. The summed E-state index contributed by atoms with van der Waals surface area (Å²) >= 11 is 7.04. The largest absolute Gasteiger partial charge is 0.332 e. The van der Waals surface area contributed by atoms with Gasteiger partial charge < -0.3 is 4.90 Å². The predicted molar refractivity (Wildman–Crippen MR) is 66.9 cm³/mol. The number of hydrogen-bond donors (Lipinski definition) is 0. The SMILES string of the molecule is O=C(C#CN1CCCCC1)c1ccc(Cl)s1. The lowest BCUT2D eigenvalue weighted by atomic mass is 10.1. The van der Waals surface area contributed by atoms with Gasteiger partial charge in [-0.2, -0.15) is 0 Å². The molecule has 0 aromatic carbocycles. The van der Waals surface area contributed by atoms with Crippen LogP contribution in [-0.2, 0) is 0 Å². The van der Waals surface area contributed by atoms with Crippen molar-refractivity contribution in [2.45, 2.75) is 19.3 Å². The Labute approximate surface area is 104 Å². The van der Waals surface area contributed by atoms with E-state index < -0.39 is 0 Å². The highest BCUT2D eigenvalue weighted by molar-refractivity contribution is 7.18. The molecule has 0 aliphatic carbocycles. The lowest BCUT2D eigenvalue weighted by molar-refractivity contribution is 0.105. The van der Waals surface area contributed by atoms with E-state index in [1.807, 2.05) is 4.90 Å². The van der Waals surface area contributed by atoms with Gasteiger partial charge in [-0.05, 0) is 31.4 Å². The highest BCUT2D eigenvalue weighted by Gasteiger charge is 2.08. The second-order valence-corrected chi connectivity index (χ2v) is 5.43. The molecule has 4 heteroatoms. The molecule has 2 rings (SSSR count). The van der Waals surface area contributed by atoms with Crippen molar-refractivity contribution in [1.29, 1.82) is 0 Å². The lowest BCUT2D eigenvalue weighted by Gasteiger charge is -2.21. The average molecular weight is 254 g/mol. The summed E-state index contributed by atoms with van der Waals surface area (Å²) < 4.78 is 0.628. The minimum Gasteiger partial charge on any atom is -0.332 e. The predicted octanol–water partition coefficient (Wildman–Crippen LogP) is 3.03. The smallest absolute Gasteiger partial charge is 0.247 e. The van der Waals surface area contributed by atoms with Crippen molar-refractivity contribution in [2.75, 3.05) is 13.1 Å². The van der Waals surface area contributed by atoms with Crippen LogP contribution in [0.25, 0.3) is 0 Å². The molecule has 2 heterocycles. The van der Waals surface area contributed by atoms with Crippen molar-refractivity contribution in [3.05, 3.63) is 21.3 Å². The summed E-state index contributed by atoms with van der Waals surface area (Å²) in [7, 11) is 0. The molecule has 0 bridgehead atoms. The normalized spacial score (nSPS) is 15.4. The highest BCUT2D eigenvalue weighted by atomic mass is 35.5. The van der Waals surface area contributed by atoms with Gasteiger partial charge in [0.25, 0.3) is 0 Å². The molecule has 1 aliphatic rings. The Morgan fingerprint density at radius 2 is 2.06 bits per heavy atom. The van der Waals surface area contributed by atoms with Gasteiger partial charge in [-0.25, -0.2) is 0 Å². The van der Waals surface area contributed by atoms with Gasteiger partial charge >= 0.3 is 0 Å². The average Bonchev–Trinajstić information content (AvgIpc) is 2.74. The van der Waals surface area contributed by atoms with Crippen LogP contribution in [-0.4, -0.2) is 23.8 Å². The molecule has 2 nitrogen and oxygen atoms in total. The van der Waals surface area contributed by atoms with Crippen LogP contribution in [0.4, 0.5) is 0 Å². The number of carbonyl (C=O) groups excluding carboxylic acids is 1. The third-order valence-corrected chi connectivity index (χ3v) is 3.71. The molecule has 0 unspecified atom stereocenters. The van der Waals surface area contributed by atoms with E-state index in [-0.39, 0.29) is 5.78 Å². The van der Waals surface area contributed by atoms with Gasteiger partial charge in [-0.15, -0.1) is 11.3 Å². The quantitative estimate of drug-likeness (QED) is 0.566. The molecule has 16 heavy (non-hydrogen) atoms. The Morgan fingerprint density at radius 3 is 2.69 bits per heavy atom. The van der Waals surface area contributed by atoms with Crippen molar-refractivity contribution >= 4 is 28.7 Å². The third kappa shape index (κ3) is 3.01. The molecule has 84 valence electrons. The first kappa shape index (κ1) is 11.5. The van der Waals surface area contributed by atoms with Gasteiger partial charge in [0.2, 0.25) is 5.78 Å². The number of thiophene rings is 1. The number of piperidine rings is 1. The first-order valence-corrected chi connectivity index (χ1v) is 6.51. The van der Waals surface area contributed by atoms with Crippen LogP contribution in [0.15, 0.2) is 12.1 Å². The summed E-state index contributed by atoms with van der Waals surface area (Å²) in [5.74, 6) is 2.53. The molecule has 0 saturated carbocycles. The minimum absolute atomic E-state index is 0.137. The molecular weight excluding hydrogens is 242 g/mol. The van der Waals surface area contributed by atoms with Gasteiger partial charge in [0.15, 0.2) is 0 Å². The summed E-state index contributed by atoms with van der Waals surface area (Å²) in [6, 6.07) is 6.37. The number of carbonyl (C=O) groups is 1. The second-order valence-electron chi connectivity index (χ2n) is 3.72. The molecular formula is C12H12ClNOS. The van der Waals surface area contributed by atoms with Crippen LogP contribution >= 0.6 is 22.9 Å². The Morgan fingerprint density at radius 1 is 1.31 bits per heavy atom. The number of nitrogens with zero attached hydrogens (tertiary/aromatic N) is 1. The Kier molecular flexibility index (Phi) is 3.87. The summed E-state index contributed by atoms with van der Waals surface area (Å²) in [5, 5.41) is 0. The topological polar surface area (TPSA) is 20.3 Å². The van der Waals surface area contributed by atoms with Crippen LogP contribution in [0.1, 0.15) is 28.9 Å².